The summed E-state index contributed by atoms with van der Waals surface area (Å²) in [5.74, 6) is 0. The van der Waals surface area contributed by atoms with Gasteiger partial charge in [-0.15, -0.1) is 0 Å². The molecule has 0 saturated heterocycles. The summed E-state index contributed by atoms with van der Waals surface area (Å²) in [4.78, 5) is 9.94. The summed E-state index contributed by atoms with van der Waals surface area (Å²) < 4.78 is 0. The van der Waals surface area contributed by atoms with Crippen molar-refractivity contribution in [1.82, 2.24) is 0 Å². The number of anilines is 1. The fourth-order valence-corrected chi connectivity index (χ4v) is 1.14. The van der Waals surface area contributed by atoms with Crippen LogP contribution in [0.3, 0.4) is 0 Å². The Kier molecular flexibility index (Phi) is 2.97. The molecule has 1 aromatic carbocycles. The summed E-state index contributed by atoms with van der Waals surface area (Å²) >= 11 is 0. The minimum Gasteiger partial charge on any atom is -0.258 e. The van der Waals surface area contributed by atoms with E-state index in [2.05, 4.69) is 10.5 Å². The van der Waals surface area contributed by atoms with Crippen LogP contribution in [0.15, 0.2) is 18.2 Å². The highest BCUT2D eigenvalue weighted by atomic mass is 16.6. The predicted octanol–water partition coefficient (Wildman–Crippen LogP) is 2.34. The molecule has 1 aromatic rings. The Morgan fingerprint density at radius 2 is 2.36 bits per heavy atom. The van der Waals surface area contributed by atoms with Gasteiger partial charge in [-0.05, 0) is 23.5 Å². The predicted molar refractivity (Wildman–Crippen MR) is 51.2 cm³/mol. The van der Waals surface area contributed by atoms with Crippen LogP contribution >= 0.6 is 0 Å². The van der Waals surface area contributed by atoms with Crippen LogP contribution in [-0.4, -0.2) is 4.92 Å². The van der Waals surface area contributed by atoms with Crippen molar-refractivity contribution in [3.8, 4) is 0 Å². The lowest BCUT2D eigenvalue weighted by Gasteiger charge is -1.99. The van der Waals surface area contributed by atoms with Crippen LogP contribution in [0, 0.1) is 15.5 Å². The molecular formula is C8H9N4O2+. The molecule has 0 amide bonds. The van der Waals surface area contributed by atoms with Crippen molar-refractivity contribution in [1.29, 1.82) is 5.39 Å². The fourth-order valence-electron chi connectivity index (χ4n) is 1.14. The number of nitro benzene ring substituents is 1. The number of rotatable bonds is 3. The Balaban J connectivity index is 3.15. The van der Waals surface area contributed by atoms with Crippen LogP contribution in [0.4, 0.5) is 11.4 Å². The molecule has 0 aliphatic heterocycles. The zero-order valence-corrected chi connectivity index (χ0v) is 7.60. The summed E-state index contributed by atoms with van der Waals surface area (Å²) in [6.07, 6.45) is 0.704. The van der Waals surface area contributed by atoms with E-state index >= 15 is 0 Å². The summed E-state index contributed by atoms with van der Waals surface area (Å²) in [5, 5.41) is 21.5. The van der Waals surface area contributed by atoms with Crippen LogP contribution in [-0.2, 0) is 6.42 Å². The van der Waals surface area contributed by atoms with Crippen molar-refractivity contribution < 1.29 is 4.92 Å². The van der Waals surface area contributed by atoms with E-state index in [-0.39, 0.29) is 5.69 Å². The molecule has 6 heteroatoms. The highest BCUT2D eigenvalue weighted by Gasteiger charge is 2.12. The molecular weight excluding hydrogens is 184 g/mol. The topological polar surface area (TPSA) is 83.3 Å². The molecule has 0 aromatic heterocycles. The molecule has 6 nitrogen and oxygen atoms in total. The molecule has 0 unspecified atom stereocenters. The molecule has 0 bridgehead atoms. The van der Waals surface area contributed by atoms with Gasteiger partial charge in [0.25, 0.3) is 11.1 Å². The number of benzene rings is 1. The van der Waals surface area contributed by atoms with Gasteiger partial charge in [-0.3, -0.25) is 10.1 Å². The first-order valence-corrected chi connectivity index (χ1v) is 4.06. The quantitative estimate of drug-likeness (QED) is 0.453. The van der Waals surface area contributed by atoms with Gasteiger partial charge in [0.15, 0.2) is 0 Å². The van der Waals surface area contributed by atoms with Gasteiger partial charge in [0.2, 0.25) is 0 Å². The van der Waals surface area contributed by atoms with Gasteiger partial charge in [0.05, 0.1) is 4.92 Å². The molecule has 72 valence electrons. The van der Waals surface area contributed by atoms with E-state index in [0.29, 0.717) is 12.1 Å². The third-order valence-corrected chi connectivity index (χ3v) is 1.86. The Hall–Kier alpha value is -2.16. The van der Waals surface area contributed by atoms with Crippen molar-refractivity contribution in [3.63, 3.8) is 0 Å². The summed E-state index contributed by atoms with van der Waals surface area (Å²) in [6.45, 7) is 1.91. The molecule has 0 fully saturated rings. The zero-order valence-electron chi connectivity index (χ0n) is 7.60. The van der Waals surface area contributed by atoms with Gasteiger partial charge >= 0.3 is 5.08 Å². The van der Waals surface area contributed by atoms with Crippen LogP contribution in [0.5, 0.6) is 0 Å². The molecule has 1 rings (SSSR count). The van der Waals surface area contributed by atoms with Crippen molar-refractivity contribution in [2.45, 2.75) is 13.3 Å². The Morgan fingerprint density at radius 1 is 1.64 bits per heavy atom. The molecule has 0 spiro atoms. The second-order valence-corrected chi connectivity index (χ2v) is 2.66. The standard InChI is InChI=1S/C8H9N4O2/c1-2-6-3-4-7(12(13)14)5-8(6)10-11-9/h3-5,10H,2H2,1H3/q+1. The van der Waals surface area contributed by atoms with E-state index < -0.39 is 4.92 Å². The van der Waals surface area contributed by atoms with Crippen molar-refractivity contribution >= 4 is 11.4 Å². The van der Waals surface area contributed by atoms with Gasteiger partial charge in [-0.25, -0.2) is 0 Å². The molecule has 14 heavy (non-hydrogen) atoms. The molecule has 0 atom stereocenters. The summed E-state index contributed by atoms with van der Waals surface area (Å²) in [7, 11) is 0. The lowest BCUT2D eigenvalue weighted by molar-refractivity contribution is -0.384. The monoisotopic (exact) mass is 193 g/mol. The average Bonchev–Trinajstić information content (AvgIpc) is 2.18. The number of nitrogens with zero attached hydrogens (tertiary/aromatic N) is 3. The van der Waals surface area contributed by atoms with Crippen LogP contribution < -0.4 is 5.43 Å². The smallest absolute Gasteiger partial charge is 0.258 e. The van der Waals surface area contributed by atoms with Gasteiger partial charge < -0.3 is 0 Å². The average molecular weight is 193 g/mol. The molecule has 1 N–H and O–H groups in total. The van der Waals surface area contributed by atoms with E-state index in [1.165, 1.54) is 12.1 Å². The number of nitro groups is 1. The lowest BCUT2D eigenvalue weighted by Crippen LogP contribution is -1.94. The van der Waals surface area contributed by atoms with Gasteiger partial charge in [0, 0.05) is 12.1 Å². The maximum Gasteiger partial charge on any atom is 0.308 e. The molecule has 0 aliphatic rings. The molecule has 0 aliphatic carbocycles. The maximum atomic E-state index is 10.4. The third-order valence-electron chi connectivity index (χ3n) is 1.86. The van der Waals surface area contributed by atoms with Crippen molar-refractivity contribution in [3.05, 3.63) is 39.0 Å². The van der Waals surface area contributed by atoms with Gasteiger partial charge in [-0.2, -0.15) is 0 Å². The second kappa shape index (κ2) is 4.18. The molecule has 0 heterocycles. The Morgan fingerprint density at radius 3 is 2.86 bits per heavy atom. The van der Waals surface area contributed by atoms with Gasteiger partial charge in [0.1, 0.15) is 5.69 Å². The largest absolute Gasteiger partial charge is 0.308 e. The van der Waals surface area contributed by atoms with Crippen LogP contribution in [0.2, 0.25) is 0 Å². The highest BCUT2D eigenvalue weighted by molar-refractivity contribution is 5.57. The molecule has 0 saturated carbocycles. The highest BCUT2D eigenvalue weighted by Crippen LogP contribution is 2.22. The van der Waals surface area contributed by atoms with Crippen LogP contribution in [0.25, 0.3) is 5.08 Å². The van der Waals surface area contributed by atoms with Gasteiger partial charge in [-0.1, -0.05) is 6.92 Å². The minimum absolute atomic E-state index is 0.0339. The van der Waals surface area contributed by atoms with E-state index in [0.717, 1.165) is 5.56 Å². The van der Waals surface area contributed by atoms with Crippen molar-refractivity contribution in [2.24, 2.45) is 0 Å². The second-order valence-electron chi connectivity index (χ2n) is 2.66. The number of aryl methyl sites for hydroxylation is 1. The SMILES string of the molecule is CCc1ccc([N+](=O)[O-])cc1N[N+]#N. The third kappa shape index (κ3) is 1.95. The van der Waals surface area contributed by atoms with E-state index in [1.807, 2.05) is 6.92 Å². The van der Waals surface area contributed by atoms with E-state index in [9.17, 15) is 10.1 Å². The Labute approximate surface area is 80.3 Å². The first-order valence-electron chi connectivity index (χ1n) is 4.06. The lowest BCUT2D eigenvalue weighted by atomic mass is 10.1. The number of diazo groups is 1. The van der Waals surface area contributed by atoms with Crippen LogP contribution in [0.1, 0.15) is 12.5 Å². The minimum atomic E-state index is -0.498. The van der Waals surface area contributed by atoms with E-state index in [4.69, 9.17) is 5.39 Å². The number of hydrogen-bond acceptors (Lipinski definition) is 4. The van der Waals surface area contributed by atoms with E-state index in [1.54, 1.807) is 6.07 Å². The number of nitrogens with one attached hydrogen (secondary N) is 1. The first-order chi connectivity index (χ1) is 6.69. The van der Waals surface area contributed by atoms with Crippen molar-refractivity contribution in [2.75, 3.05) is 5.43 Å². The number of hydrogen-bond donors (Lipinski definition) is 1. The summed E-state index contributed by atoms with van der Waals surface area (Å²) in [5.41, 5.74) is 3.57. The zero-order chi connectivity index (χ0) is 10.6. The number of non-ortho nitro benzene ring substituents is 1. The molecule has 0 radical (unpaired) electrons. The maximum absolute atomic E-state index is 10.4. The summed E-state index contributed by atoms with van der Waals surface area (Å²) in [6, 6.07) is 4.38. The fraction of sp³-hybridized carbons (Fsp3) is 0.250. The normalized spacial score (nSPS) is 9.14. The Bertz CT molecular complexity index is 397. The first kappa shape index (κ1) is 9.92.